The molecule has 0 saturated carbocycles. The van der Waals surface area contributed by atoms with Gasteiger partial charge in [-0.2, -0.15) is 0 Å². The van der Waals surface area contributed by atoms with Crippen LogP contribution in [0.1, 0.15) is 114 Å². The van der Waals surface area contributed by atoms with Crippen molar-refractivity contribution in [2.24, 2.45) is 17.4 Å². The molecule has 3 aromatic carbocycles. The number of carbonyl (C=O) groups excluding carboxylic acids is 12. The van der Waals surface area contributed by atoms with Crippen LogP contribution in [0, 0.1) is 5.92 Å². The Kier molecular flexibility index (Phi) is 30.4. The highest BCUT2D eigenvalue weighted by Gasteiger charge is 2.51. The van der Waals surface area contributed by atoms with Gasteiger partial charge in [0.2, 0.25) is 35.2 Å². The van der Waals surface area contributed by atoms with Crippen LogP contribution in [0.15, 0.2) is 54.6 Å². The molecule has 1 saturated heterocycles. The number of fused-ring (bicyclic) bond motifs is 3. The lowest BCUT2D eigenvalue weighted by Gasteiger charge is -2.42. The highest BCUT2D eigenvalue weighted by atomic mass is 16.7. The number of hydrogen-bond donors (Lipinski definition) is 11. The zero-order valence-electron chi connectivity index (χ0n) is 58.7. The predicted octanol–water partition coefficient (Wildman–Crippen LogP) is 0.246. The SMILES string of the molecule is COc1cccc2c1C(=O)c1c(O)c3c(c(O)c1C2=O)C[C@@](O)(C(=O)COC(=O)N(C)CCN(C)C(=O)OCc1ccc(NC(=O)[C@H](CCCNC(N)=O)NC(=O)[C@@H](NC(=O)CCOCCOCCOCCOCCNC(=O)CCN2C(=O)C=CC2=O)C(C)C)cc1)C[C@@H]3O[C@H]1C[C@H](N)[C@H](O)[C@H](C)O1. The maximum atomic E-state index is 14.1. The molecule has 7 rings (SSSR count). The summed E-state index contributed by atoms with van der Waals surface area (Å²) in [6.07, 6.45) is -5.56. The van der Waals surface area contributed by atoms with E-state index in [0.717, 1.165) is 26.9 Å². The van der Waals surface area contributed by atoms with Gasteiger partial charge in [0.15, 0.2) is 18.7 Å². The van der Waals surface area contributed by atoms with Crippen LogP contribution in [-0.4, -0.2) is 262 Å². The zero-order chi connectivity index (χ0) is 75.9. The molecule has 2 aliphatic heterocycles. The van der Waals surface area contributed by atoms with Crippen molar-refractivity contribution in [2.45, 2.75) is 121 Å². The standard InChI is InChI=1S/C69H92N10O25/c1-38(2)58(76-50(82)19-25-97-27-29-99-31-32-100-30-28-98-26-21-72-49(81)18-22-79-51(83)16-17-52(79)84)65(91)75-45(10-8-20-73-66(71)92)64(90)74-41-14-12-40(13-15-41)36-101-67(93)77(4)23-24-78(5)68(94)102-37-48(80)69(95)34-43-55(47(35-69)104-53-33-44(70)59(85)39(3)103-53)63(89)57-56(61(43)87)60(86)42-9-7-11-46(96-6)54(42)62(57)88/h7,9,11-17,38-39,44-45,47,53,58-59,85,87,89,95H,8,10,18-37,70H2,1-6H3,(H,72,81)(H,74,90)(H,75,91)(H,76,82)(H3,71,73,92)/t39-,44-,45-,47-,53-,58-,59+,69-/m0/s1. The van der Waals surface area contributed by atoms with E-state index in [0.29, 0.717) is 11.3 Å². The number of Topliss-reactive ketones (excluding diaryl/α,β-unsaturated/α-hetero) is 1. The number of phenols is 2. The van der Waals surface area contributed by atoms with Gasteiger partial charge in [-0.15, -0.1) is 0 Å². The lowest BCUT2D eigenvalue weighted by atomic mass is 9.72. The van der Waals surface area contributed by atoms with E-state index in [9.17, 15) is 78.0 Å². The maximum absolute atomic E-state index is 14.1. The van der Waals surface area contributed by atoms with Gasteiger partial charge in [-0.1, -0.05) is 38.1 Å². The molecule has 0 spiro atoms. The zero-order valence-corrected chi connectivity index (χ0v) is 58.7. The molecule has 0 unspecified atom stereocenters. The van der Waals surface area contributed by atoms with E-state index in [1.54, 1.807) is 26.0 Å². The molecule has 0 bridgehead atoms. The summed E-state index contributed by atoms with van der Waals surface area (Å²) in [7, 11) is 4.01. The maximum Gasteiger partial charge on any atom is 0.409 e. The van der Waals surface area contributed by atoms with Crippen LogP contribution in [0.2, 0.25) is 0 Å². The van der Waals surface area contributed by atoms with Crippen molar-refractivity contribution in [3.05, 3.63) is 93.6 Å². The summed E-state index contributed by atoms with van der Waals surface area (Å²) in [5, 5.41) is 59.7. The Balaban J connectivity index is 0.814. The number of hydrogen-bond acceptors (Lipinski definition) is 26. The fourth-order valence-corrected chi connectivity index (χ4v) is 11.6. The number of nitrogens with one attached hydrogen (secondary N) is 5. The van der Waals surface area contributed by atoms with Gasteiger partial charge in [-0.25, -0.2) is 14.4 Å². The summed E-state index contributed by atoms with van der Waals surface area (Å²) in [6, 6.07) is 6.61. The molecule has 104 heavy (non-hydrogen) atoms. The molecule has 0 radical (unpaired) electrons. The third-order valence-electron chi connectivity index (χ3n) is 17.5. The molecule has 10 amide bonds. The highest BCUT2D eigenvalue weighted by molar-refractivity contribution is 6.31. The van der Waals surface area contributed by atoms with Crippen LogP contribution in [0.3, 0.4) is 0 Å². The number of urea groups is 1. The van der Waals surface area contributed by atoms with Gasteiger partial charge in [-0.05, 0) is 49.4 Å². The molecule has 2 aliphatic carbocycles. The van der Waals surface area contributed by atoms with Gasteiger partial charge in [-0.3, -0.25) is 48.1 Å². The van der Waals surface area contributed by atoms with Crippen molar-refractivity contribution in [1.82, 2.24) is 36.0 Å². The van der Waals surface area contributed by atoms with Crippen molar-refractivity contribution in [3.8, 4) is 17.2 Å². The Hall–Kier alpha value is -9.72. The number of amides is 10. The van der Waals surface area contributed by atoms with Crippen LogP contribution in [0.4, 0.5) is 20.1 Å². The molecule has 4 aliphatic rings. The van der Waals surface area contributed by atoms with Crippen molar-refractivity contribution in [1.29, 1.82) is 0 Å². The topological polar surface area (TPSA) is 491 Å². The Morgan fingerprint density at radius 1 is 0.740 bits per heavy atom. The molecular weight excluding hydrogens is 1370 g/mol. The van der Waals surface area contributed by atoms with Crippen molar-refractivity contribution >= 4 is 76.7 Å². The Labute approximate surface area is 598 Å². The molecule has 35 nitrogen and oxygen atoms in total. The van der Waals surface area contributed by atoms with Crippen LogP contribution in [0.5, 0.6) is 17.2 Å². The molecular formula is C69H92N10O25. The Morgan fingerprint density at radius 2 is 1.36 bits per heavy atom. The summed E-state index contributed by atoms with van der Waals surface area (Å²) >= 11 is 0. The lowest BCUT2D eigenvalue weighted by molar-refractivity contribution is -0.247. The highest BCUT2D eigenvalue weighted by Crippen LogP contribution is 2.53. The van der Waals surface area contributed by atoms with E-state index < -0.39 is 161 Å². The number of nitrogens with zero attached hydrogens (tertiary/aromatic N) is 3. The van der Waals surface area contributed by atoms with Crippen LogP contribution in [0.25, 0.3) is 0 Å². The van der Waals surface area contributed by atoms with E-state index in [2.05, 4.69) is 26.6 Å². The van der Waals surface area contributed by atoms with Crippen molar-refractivity contribution in [2.75, 3.05) is 119 Å². The van der Waals surface area contributed by atoms with Gasteiger partial charge in [0.1, 0.15) is 41.5 Å². The van der Waals surface area contributed by atoms with E-state index in [1.165, 1.54) is 58.5 Å². The second kappa shape index (κ2) is 38.7. The number of aliphatic hydroxyl groups excluding tert-OH is 1. The number of anilines is 1. The monoisotopic (exact) mass is 1460 g/mol. The average Bonchev–Trinajstić information content (AvgIpc) is 0.759. The lowest BCUT2D eigenvalue weighted by Crippen LogP contribution is -2.54. The third kappa shape index (κ3) is 22.2. The number of aromatic hydroxyl groups is 2. The smallest absolute Gasteiger partial charge is 0.409 e. The number of likely N-dealkylation sites (N-methyl/N-ethyl adjacent to an activating group) is 2. The summed E-state index contributed by atoms with van der Waals surface area (Å²) in [6.45, 7) is 5.52. The number of methoxy groups -OCH3 is 1. The minimum Gasteiger partial charge on any atom is -0.507 e. The van der Waals surface area contributed by atoms with Gasteiger partial charge in [0.25, 0.3) is 11.8 Å². The largest absolute Gasteiger partial charge is 0.507 e. The first kappa shape index (κ1) is 81.6. The van der Waals surface area contributed by atoms with E-state index >= 15 is 0 Å². The molecule has 13 N–H and O–H groups in total. The number of carbonyl (C=O) groups is 12. The first-order valence-electron chi connectivity index (χ1n) is 33.8. The number of nitrogens with two attached hydrogens (primary N) is 2. The fourth-order valence-electron chi connectivity index (χ4n) is 11.6. The van der Waals surface area contributed by atoms with Crippen LogP contribution < -0.4 is 42.8 Å². The van der Waals surface area contributed by atoms with Gasteiger partial charge < -0.3 is 111 Å². The fraction of sp³-hybridized carbons (Fsp3) is 0.536. The summed E-state index contributed by atoms with van der Waals surface area (Å²) in [5.74, 6) is -7.76. The third-order valence-corrected chi connectivity index (χ3v) is 17.5. The summed E-state index contributed by atoms with van der Waals surface area (Å²) in [5.41, 5.74) is 7.69. The minimum absolute atomic E-state index is 0.00538. The molecule has 35 heteroatoms. The first-order chi connectivity index (χ1) is 49.5. The number of ether oxygens (including phenoxy) is 9. The number of phenolic OH excluding ortho intramolecular Hbond substituents is 2. The number of ketones is 3. The predicted molar refractivity (Wildman–Crippen MR) is 363 cm³/mol. The molecule has 8 atom stereocenters. The molecule has 0 aromatic heterocycles. The Morgan fingerprint density at radius 3 is 1.97 bits per heavy atom. The Bertz CT molecular complexity index is 3620. The number of primary amides is 1. The molecule has 3 aromatic rings. The summed E-state index contributed by atoms with van der Waals surface area (Å²) in [4.78, 5) is 159. The molecule has 1 fully saturated rings. The van der Waals surface area contributed by atoms with E-state index in [4.69, 9.17) is 54.1 Å². The summed E-state index contributed by atoms with van der Waals surface area (Å²) < 4.78 is 50.1. The number of imide groups is 1. The second-order valence-corrected chi connectivity index (χ2v) is 25.4. The van der Waals surface area contributed by atoms with Crippen LogP contribution in [-0.2, 0) is 84.5 Å². The van der Waals surface area contributed by atoms with Gasteiger partial charge in [0, 0.05) is 119 Å². The molecule has 568 valence electrons. The quantitative estimate of drug-likeness (QED) is 0.0162. The first-order valence-corrected chi connectivity index (χ1v) is 33.8. The minimum atomic E-state index is -2.51. The van der Waals surface area contributed by atoms with Gasteiger partial charge >= 0.3 is 18.2 Å². The number of rotatable bonds is 39. The van der Waals surface area contributed by atoms with Crippen molar-refractivity contribution < 1.29 is 121 Å². The second-order valence-electron chi connectivity index (χ2n) is 25.4. The average molecular weight is 1460 g/mol. The van der Waals surface area contributed by atoms with Gasteiger partial charge in [0.05, 0.1) is 95.0 Å². The van der Waals surface area contributed by atoms with E-state index in [1.807, 2.05) is 0 Å². The van der Waals surface area contributed by atoms with Crippen LogP contribution >= 0.6 is 0 Å². The molecule has 2 heterocycles. The number of benzene rings is 3. The van der Waals surface area contributed by atoms with Crippen molar-refractivity contribution in [3.63, 3.8) is 0 Å². The normalized spacial score (nSPS) is 19.4. The number of aliphatic hydroxyl groups is 2. The van der Waals surface area contributed by atoms with E-state index in [-0.39, 0.29) is 158 Å².